The first-order valence-electron chi connectivity index (χ1n) is 10.9. The second-order valence-electron chi connectivity index (χ2n) is 8.50. The van der Waals surface area contributed by atoms with Gasteiger partial charge in [-0.15, -0.1) is 0 Å². The van der Waals surface area contributed by atoms with Gasteiger partial charge in [-0.05, 0) is 57.4 Å². The SMILES string of the molecule is COc1ccccc1CNC(=O)CN1CCC[C@@](O)(COc2ccc(C)cc2C)CC1. The highest BCUT2D eigenvalue weighted by molar-refractivity contribution is 5.78. The molecule has 3 rings (SSSR count). The van der Waals surface area contributed by atoms with E-state index in [1.807, 2.05) is 43.3 Å². The molecule has 1 fully saturated rings. The summed E-state index contributed by atoms with van der Waals surface area (Å²) in [6, 6.07) is 13.7. The molecule has 2 aromatic rings. The maximum atomic E-state index is 12.5. The number of para-hydroxylation sites is 1. The molecule has 0 bridgehead atoms. The van der Waals surface area contributed by atoms with Gasteiger partial charge in [0.05, 0.1) is 19.3 Å². The molecule has 168 valence electrons. The summed E-state index contributed by atoms with van der Waals surface area (Å²) in [5.74, 6) is 1.56. The van der Waals surface area contributed by atoms with Crippen LogP contribution in [0, 0.1) is 13.8 Å². The number of ether oxygens (including phenoxy) is 2. The minimum absolute atomic E-state index is 0.0251. The number of rotatable bonds is 8. The van der Waals surface area contributed by atoms with Crippen molar-refractivity contribution >= 4 is 5.91 Å². The molecule has 0 spiro atoms. The van der Waals surface area contributed by atoms with Gasteiger partial charge in [0.15, 0.2) is 0 Å². The molecule has 1 saturated heterocycles. The summed E-state index contributed by atoms with van der Waals surface area (Å²) >= 11 is 0. The van der Waals surface area contributed by atoms with Crippen LogP contribution in [0.4, 0.5) is 0 Å². The third-order valence-corrected chi connectivity index (χ3v) is 5.87. The lowest BCUT2D eigenvalue weighted by molar-refractivity contribution is -0.122. The Kier molecular flexibility index (Phi) is 7.93. The van der Waals surface area contributed by atoms with Gasteiger partial charge in [0, 0.05) is 18.7 Å². The zero-order valence-electron chi connectivity index (χ0n) is 18.8. The molecule has 2 aromatic carbocycles. The minimum atomic E-state index is -0.875. The Labute approximate surface area is 185 Å². The van der Waals surface area contributed by atoms with E-state index in [4.69, 9.17) is 9.47 Å². The first kappa shape index (κ1) is 23.1. The Balaban J connectivity index is 1.47. The minimum Gasteiger partial charge on any atom is -0.496 e. The molecule has 0 aromatic heterocycles. The van der Waals surface area contributed by atoms with Crippen molar-refractivity contribution in [1.29, 1.82) is 0 Å². The predicted molar refractivity (Wildman–Crippen MR) is 121 cm³/mol. The number of methoxy groups -OCH3 is 1. The molecule has 1 amide bonds. The molecular weight excluding hydrogens is 392 g/mol. The maximum Gasteiger partial charge on any atom is 0.234 e. The fourth-order valence-electron chi connectivity index (χ4n) is 4.01. The number of nitrogens with one attached hydrogen (secondary N) is 1. The first-order valence-corrected chi connectivity index (χ1v) is 10.9. The largest absolute Gasteiger partial charge is 0.496 e. The van der Waals surface area contributed by atoms with Crippen molar-refractivity contribution < 1.29 is 19.4 Å². The number of aryl methyl sites for hydroxylation is 2. The quantitative estimate of drug-likeness (QED) is 0.678. The predicted octanol–water partition coefficient (Wildman–Crippen LogP) is 3.22. The molecule has 1 aliphatic rings. The molecular formula is C25H34N2O4. The Morgan fingerprint density at radius 3 is 2.71 bits per heavy atom. The molecule has 1 heterocycles. The fourth-order valence-corrected chi connectivity index (χ4v) is 4.01. The van der Waals surface area contributed by atoms with Crippen LogP contribution >= 0.6 is 0 Å². The fraction of sp³-hybridized carbons (Fsp3) is 0.480. The van der Waals surface area contributed by atoms with Crippen molar-refractivity contribution in [3.05, 3.63) is 59.2 Å². The van der Waals surface area contributed by atoms with Gasteiger partial charge in [0.25, 0.3) is 0 Å². The summed E-state index contributed by atoms with van der Waals surface area (Å²) in [6.45, 7) is 6.54. The molecule has 0 saturated carbocycles. The van der Waals surface area contributed by atoms with Crippen LogP contribution in [0.1, 0.15) is 36.0 Å². The van der Waals surface area contributed by atoms with Gasteiger partial charge >= 0.3 is 0 Å². The summed E-state index contributed by atoms with van der Waals surface area (Å²) in [5, 5.41) is 14.0. The number of carbonyl (C=O) groups excluding carboxylic acids is 1. The van der Waals surface area contributed by atoms with E-state index in [0.29, 0.717) is 32.5 Å². The van der Waals surface area contributed by atoms with Gasteiger partial charge in [-0.3, -0.25) is 9.69 Å². The van der Waals surface area contributed by atoms with Gasteiger partial charge in [-0.1, -0.05) is 35.9 Å². The maximum absolute atomic E-state index is 12.5. The topological polar surface area (TPSA) is 71.0 Å². The number of likely N-dealkylation sites (tertiary alicyclic amines) is 1. The third kappa shape index (κ3) is 6.71. The van der Waals surface area contributed by atoms with Gasteiger partial charge < -0.3 is 19.9 Å². The Bertz CT molecular complexity index is 886. The Morgan fingerprint density at radius 2 is 1.94 bits per heavy atom. The number of aliphatic hydroxyl groups is 1. The normalized spacial score (nSPS) is 19.5. The van der Waals surface area contributed by atoms with E-state index >= 15 is 0 Å². The van der Waals surface area contributed by atoms with Crippen LogP contribution in [-0.4, -0.2) is 54.9 Å². The summed E-state index contributed by atoms with van der Waals surface area (Å²) in [7, 11) is 1.63. The number of benzene rings is 2. The van der Waals surface area contributed by atoms with Crippen molar-refractivity contribution in [3.63, 3.8) is 0 Å². The average molecular weight is 427 g/mol. The number of hydrogen-bond acceptors (Lipinski definition) is 5. The first-order chi connectivity index (χ1) is 14.9. The molecule has 31 heavy (non-hydrogen) atoms. The van der Waals surface area contributed by atoms with Gasteiger partial charge in [-0.2, -0.15) is 0 Å². The lowest BCUT2D eigenvalue weighted by Crippen LogP contribution is -2.40. The van der Waals surface area contributed by atoms with Gasteiger partial charge in [-0.25, -0.2) is 0 Å². The van der Waals surface area contributed by atoms with Crippen LogP contribution in [0.5, 0.6) is 11.5 Å². The van der Waals surface area contributed by atoms with Crippen molar-refractivity contribution in [2.75, 3.05) is 33.4 Å². The molecule has 6 heteroatoms. The van der Waals surface area contributed by atoms with E-state index < -0.39 is 5.60 Å². The number of hydrogen-bond donors (Lipinski definition) is 2. The van der Waals surface area contributed by atoms with Gasteiger partial charge in [0.2, 0.25) is 5.91 Å². The van der Waals surface area contributed by atoms with E-state index in [-0.39, 0.29) is 12.5 Å². The monoisotopic (exact) mass is 426 g/mol. The van der Waals surface area contributed by atoms with Crippen LogP contribution in [-0.2, 0) is 11.3 Å². The number of carbonyl (C=O) groups is 1. The highest BCUT2D eigenvalue weighted by atomic mass is 16.5. The van der Waals surface area contributed by atoms with E-state index in [2.05, 4.69) is 23.2 Å². The highest BCUT2D eigenvalue weighted by Crippen LogP contribution is 2.26. The van der Waals surface area contributed by atoms with Crippen molar-refractivity contribution in [2.24, 2.45) is 0 Å². The summed E-state index contributed by atoms with van der Waals surface area (Å²) in [4.78, 5) is 14.6. The molecule has 0 radical (unpaired) electrons. The van der Waals surface area contributed by atoms with Crippen LogP contribution in [0.2, 0.25) is 0 Å². The molecule has 6 nitrogen and oxygen atoms in total. The standard InChI is InChI=1S/C25H34N2O4/c1-19-9-10-22(20(2)15-19)31-18-25(29)11-6-13-27(14-12-25)17-24(28)26-16-21-7-4-5-8-23(21)30-3/h4-5,7-10,15,29H,6,11-14,16-18H2,1-3H3,(H,26,28)/t25-/m0/s1. The van der Waals surface area contributed by atoms with E-state index in [1.165, 1.54) is 5.56 Å². The summed E-state index contributed by atoms with van der Waals surface area (Å²) < 4.78 is 11.3. The molecule has 1 atom stereocenters. The lowest BCUT2D eigenvalue weighted by Gasteiger charge is -2.27. The van der Waals surface area contributed by atoms with Crippen LogP contribution in [0.15, 0.2) is 42.5 Å². The summed E-state index contributed by atoms with van der Waals surface area (Å²) in [5.41, 5.74) is 2.34. The number of nitrogens with zero attached hydrogens (tertiary/aromatic N) is 1. The Hall–Kier alpha value is -2.57. The van der Waals surface area contributed by atoms with E-state index in [1.54, 1.807) is 7.11 Å². The average Bonchev–Trinajstić information content (AvgIpc) is 2.93. The van der Waals surface area contributed by atoms with Crippen LogP contribution < -0.4 is 14.8 Å². The molecule has 2 N–H and O–H groups in total. The highest BCUT2D eigenvalue weighted by Gasteiger charge is 2.31. The zero-order valence-corrected chi connectivity index (χ0v) is 18.8. The summed E-state index contributed by atoms with van der Waals surface area (Å²) in [6.07, 6.45) is 2.07. The van der Waals surface area contributed by atoms with E-state index in [0.717, 1.165) is 35.6 Å². The molecule has 1 aliphatic heterocycles. The second kappa shape index (κ2) is 10.6. The van der Waals surface area contributed by atoms with Gasteiger partial charge in [0.1, 0.15) is 18.1 Å². The Morgan fingerprint density at radius 1 is 1.13 bits per heavy atom. The third-order valence-electron chi connectivity index (χ3n) is 5.87. The second-order valence-corrected chi connectivity index (χ2v) is 8.50. The zero-order chi connectivity index (χ0) is 22.3. The van der Waals surface area contributed by atoms with Crippen LogP contribution in [0.25, 0.3) is 0 Å². The lowest BCUT2D eigenvalue weighted by atomic mass is 9.96. The number of amides is 1. The smallest absolute Gasteiger partial charge is 0.234 e. The molecule has 0 aliphatic carbocycles. The van der Waals surface area contributed by atoms with E-state index in [9.17, 15) is 9.90 Å². The van der Waals surface area contributed by atoms with Crippen LogP contribution in [0.3, 0.4) is 0 Å². The van der Waals surface area contributed by atoms with Crippen molar-refractivity contribution in [1.82, 2.24) is 10.2 Å². The van der Waals surface area contributed by atoms with Crippen molar-refractivity contribution in [3.8, 4) is 11.5 Å². The van der Waals surface area contributed by atoms with Crippen molar-refractivity contribution in [2.45, 2.75) is 45.3 Å². The molecule has 0 unspecified atom stereocenters.